The van der Waals surface area contributed by atoms with Crippen LogP contribution in [0.15, 0.2) is 89.9 Å². The van der Waals surface area contributed by atoms with Crippen LogP contribution in [0.3, 0.4) is 0 Å². The number of aliphatic imine (C=N–C) groups is 1. The number of phenols is 1. The van der Waals surface area contributed by atoms with Crippen LogP contribution in [0.1, 0.15) is 88.3 Å². The number of nitrogens with one attached hydrogen (secondary N) is 6. The Labute approximate surface area is 458 Å². The molecule has 1 saturated heterocycles. The van der Waals surface area contributed by atoms with E-state index in [4.69, 9.17) is 34.4 Å². The molecule has 1 aliphatic rings. The number of amides is 10. The summed E-state index contributed by atoms with van der Waals surface area (Å²) in [6.45, 7) is 3.71. The number of guanidine groups is 1. The average Bonchev–Trinajstić information content (AvgIpc) is 3.91. The molecule has 1 heterocycles. The van der Waals surface area contributed by atoms with E-state index in [-0.39, 0.29) is 94.9 Å². The van der Waals surface area contributed by atoms with Crippen molar-refractivity contribution in [3.05, 3.63) is 102 Å². The van der Waals surface area contributed by atoms with Crippen molar-refractivity contribution in [3.8, 4) is 5.75 Å². The molecule has 1 aliphatic heterocycles. The minimum absolute atomic E-state index is 0.0171. The van der Waals surface area contributed by atoms with Crippen LogP contribution in [0.25, 0.3) is 0 Å². The molecular formula is C54H76N14O11. The van der Waals surface area contributed by atoms with Gasteiger partial charge in [-0.3, -0.25) is 52.9 Å². The standard InChI is InChI=1S/C54H76N14O11/c1-31(2)27-41(66-47(73)36(55)28-32-11-5-3-6-12-32)50(76)67-42(30-34-17-19-35(69)20-18-34)51(77)64-39(22-24-45(57)71)53(79)68-26-10-16-43(68)52(78)63-38(21-23-44(56)70)49(75)62-37(15-9-25-61-54(59)60)48(74)65-40(46(58)72)29-33-13-7-4-8-14-33/h3-8,11-14,17-20,31,36-43,69H,9-10,15-16,21-30,55H2,1-2H3,(H2,56,70)(H2,57,71)(H2,58,72)(H,62,75)(H,63,78)(H,64,77)(H,65,74)(H,66,73)(H,67,76)(H4,59,60,61)/t36-,37-,38-,39-,40-,41-,42-,43-/m0/s1. The zero-order valence-electron chi connectivity index (χ0n) is 44.6. The molecule has 8 atom stereocenters. The number of benzene rings is 3. The van der Waals surface area contributed by atoms with Gasteiger partial charge in [-0.1, -0.05) is 86.6 Å². The predicted octanol–water partition coefficient (Wildman–Crippen LogP) is -2.24. The molecule has 3 aromatic carbocycles. The molecule has 4 rings (SSSR count). The lowest BCUT2D eigenvalue weighted by atomic mass is 9.99. The second-order valence-corrected chi connectivity index (χ2v) is 19.9. The van der Waals surface area contributed by atoms with Gasteiger partial charge in [0.2, 0.25) is 59.1 Å². The summed E-state index contributed by atoms with van der Waals surface area (Å²) in [5.41, 5.74) is 35.8. The lowest BCUT2D eigenvalue weighted by Crippen LogP contribution is -2.60. The van der Waals surface area contributed by atoms with Crippen molar-refractivity contribution in [2.75, 3.05) is 13.1 Å². The maximum atomic E-state index is 14.6. The summed E-state index contributed by atoms with van der Waals surface area (Å²) in [7, 11) is 0. The lowest BCUT2D eigenvalue weighted by Gasteiger charge is -2.31. The number of carbonyl (C=O) groups is 10. The molecule has 1 fully saturated rings. The van der Waals surface area contributed by atoms with Crippen molar-refractivity contribution in [1.82, 2.24) is 36.8 Å². The van der Waals surface area contributed by atoms with Crippen molar-refractivity contribution in [1.29, 1.82) is 0 Å². The highest BCUT2D eigenvalue weighted by atomic mass is 16.3. The van der Waals surface area contributed by atoms with Crippen molar-refractivity contribution in [2.45, 2.75) is 139 Å². The Morgan fingerprint density at radius 1 is 0.570 bits per heavy atom. The second-order valence-electron chi connectivity index (χ2n) is 19.9. The topological polar surface area (TPSA) is 435 Å². The first-order chi connectivity index (χ1) is 37.5. The minimum Gasteiger partial charge on any atom is -0.508 e. The monoisotopic (exact) mass is 1100 g/mol. The highest BCUT2D eigenvalue weighted by Crippen LogP contribution is 2.21. The van der Waals surface area contributed by atoms with Gasteiger partial charge in [-0.2, -0.15) is 0 Å². The molecule has 19 N–H and O–H groups in total. The summed E-state index contributed by atoms with van der Waals surface area (Å²) in [4.78, 5) is 141. The van der Waals surface area contributed by atoms with Crippen LogP contribution in [-0.2, 0) is 67.2 Å². The number of rotatable bonds is 32. The van der Waals surface area contributed by atoms with Gasteiger partial charge in [0.15, 0.2) is 5.96 Å². The molecule has 0 unspecified atom stereocenters. The van der Waals surface area contributed by atoms with Gasteiger partial charge >= 0.3 is 0 Å². The molecule has 3 aromatic rings. The van der Waals surface area contributed by atoms with E-state index in [0.717, 1.165) is 5.56 Å². The van der Waals surface area contributed by atoms with Crippen LogP contribution in [0.5, 0.6) is 5.75 Å². The fourth-order valence-electron chi connectivity index (χ4n) is 8.82. The van der Waals surface area contributed by atoms with Gasteiger partial charge in [-0.25, -0.2) is 0 Å². The Morgan fingerprint density at radius 3 is 1.59 bits per heavy atom. The largest absolute Gasteiger partial charge is 0.508 e. The van der Waals surface area contributed by atoms with Crippen molar-refractivity contribution in [3.63, 3.8) is 0 Å². The molecule has 0 aliphatic carbocycles. The molecule has 0 aromatic heterocycles. The molecular weight excluding hydrogens is 1020 g/mol. The van der Waals surface area contributed by atoms with E-state index in [9.17, 15) is 53.1 Å². The fourth-order valence-corrected chi connectivity index (χ4v) is 8.82. The van der Waals surface area contributed by atoms with Gasteiger partial charge in [-0.05, 0) is 86.1 Å². The smallest absolute Gasteiger partial charge is 0.245 e. The quantitative estimate of drug-likeness (QED) is 0.0179. The van der Waals surface area contributed by atoms with E-state index < -0.39 is 120 Å². The van der Waals surface area contributed by atoms with Crippen molar-refractivity contribution >= 4 is 65.0 Å². The molecule has 0 bridgehead atoms. The number of carbonyl (C=O) groups excluding carboxylic acids is 10. The molecule has 0 spiro atoms. The number of hydrogen-bond acceptors (Lipinski definition) is 13. The number of likely N-dealkylation sites (tertiary alicyclic amines) is 1. The van der Waals surface area contributed by atoms with Crippen LogP contribution < -0.4 is 66.3 Å². The normalized spacial score (nSPS) is 15.6. The Hall–Kier alpha value is -8.61. The maximum absolute atomic E-state index is 14.6. The summed E-state index contributed by atoms with van der Waals surface area (Å²) < 4.78 is 0. The Balaban J connectivity index is 1.58. The number of nitrogens with two attached hydrogens (primary N) is 6. The third-order valence-electron chi connectivity index (χ3n) is 13.0. The summed E-state index contributed by atoms with van der Waals surface area (Å²) >= 11 is 0. The van der Waals surface area contributed by atoms with Crippen LogP contribution in [0, 0.1) is 5.92 Å². The van der Waals surface area contributed by atoms with Gasteiger partial charge < -0.3 is 76.3 Å². The second kappa shape index (κ2) is 31.6. The zero-order chi connectivity index (χ0) is 58.2. The first-order valence-electron chi connectivity index (χ1n) is 26.2. The third kappa shape index (κ3) is 21.7. The van der Waals surface area contributed by atoms with Crippen LogP contribution in [0.2, 0.25) is 0 Å². The van der Waals surface area contributed by atoms with Gasteiger partial charge in [0.1, 0.15) is 48.0 Å². The van der Waals surface area contributed by atoms with Gasteiger partial charge in [-0.15, -0.1) is 0 Å². The number of hydrogen-bond donors (Lipinski definition) is 13. The number of phenolic OH excluding ortho intramolecular Hbond substituents is 1. The highest BCUT2D eigenvalue weighted by molar-refractivity contribution is 5.98. The summed E-state index contributed by atoms with van der Waals surface area (Å²) in [6.07, 6.45) is -0.858. The van der Waals surface area contributed by atoms with E-state index in [1.165, 1.54) is 29.2 Å². The zero-order valence-corrected chi connectivity index (χ0v) is 44.6. The maximum Gasteiger partial charge on any atom is 0.245 e. The average molecular weight is 1100 g/mol. The Kier molecular flexibility index (Phi) is 25.1. The van der Waals surface area contributed by atoms with E-state index in [0.29, 0.717) is 11.1 Å². The molecule has 10 amide bonds. The summed E-state index contributed by atoms with van der Waals surface area (Å²) in [6, 6.07) is 13.1. The highest BCUT2D eigenvalue weighted by Gasteiger charge is 2.40. The molecule has 79 heavy (non-hydrogen) atoms. The SMILES string of the molecule is CC(C)C[C@H](NC(=O)[C@@H](N)Cc1ccccc1)C(=O)N[C@@H](Cc1ccc(O)cc1)C(=O)N[C@@H](CCC(N)=O)C(=O)N1CCC[C@H]1C(=O)N[C@@H](CCC(N)=O)C(=O)N[C@@H](CCCN=C(N)N)C(=O)N[C@@H](Cc1ccccc1)C(N)=O. The number of primary amides is 3. The number of nitrogens with zero attached hydrogens (tertiary/aromatic N) is 2. The molecule has 25 heteroatoms. The Morgan fingerprint density at radius 2 is 1.04 bits per heavy atom. The van der Waals surface area contributed by atoms with E-state index in [1.54, 1.807) is 42.5 Å². The molecule has 428 valence electrons. The first-order valence-corrected chi connectivity index (χ1v) is 26.2. The molecule has 0 radical (unpaired) electrons. The van der Waals surface area contributed by atoms with E-state index in [1.807, 2.05) is 32.0 Å². The molecule has 25 nitrogen and oxygen atoms in total. The van der Waals surface area contributed by atoms with Gasteiger partial charge in [0.05, 0.1) is 6.04 Å². The van der Waals surface area contributed by atoms with Crippen LogP contribution >= 0.6 is 0 Å². The Bertz CT molecular complexity index is 2600. The van der Waals surface area contributed by atoms with E-state index in [2.05, 4.69) is 36.9 Å². The van der Waals surface area contributed by atoms with Crippen LogP contribution in [0.4, 0.5) is 0 Å². The van der Waals surface area contributed by atoms with Gasteiger partial charge in [0, 0.05) is 38.8 Å². The molecule has 0 saturated carbocycles. The van der Waals surface area contributed by atoms with Gasteiger partial charge in [0.25, 0.3) is 0 Å². The summed E-state index contributed by atoms with van der Waals surface area (Å²) in [5, 5.41) is 25.9. The van der Waals surface area contributed by atoms with Crippen molar-refractivity contribution in [2.24, 2.45) is 45.3 Å². The predicted molar refractivity (Wildman–Crippen MR) is 292 cm³/mol. The lowest BCUT2D eigenvalue weighted by molar-refractivity contribution is -0.143. The number of aromatic hydroxyl groups is 1. The minimum atomic E-state index is -1.51. The van der Waals surface area contributed by atoms with Crippen molar-refractivity contribution < 1.29 is 53.1 Å². The first kappa shape index (κ1) is 62.9. The summed E-state index contributed by atoms with van der Waals surface area (Å²) in [5.74, 6) is -8.52. The fraction of sp³-hybridized carbons (Fsp3) is 0.463. The van der Waals surface area contributed by atoms with Crippen LogP contribution in [-0.4, -0.2) is 136 Å². The third-order valence-corrected chi connectivity index (χ3v) is 13.0. The van der Waals surface area contributed by atoms with E-state index >= 15 is 0 Å².